The van der Waals surface area contributed by atoms with Crippen molar-refractivity contribution in [2.45, 2.75) is 12.8 Å². The monoisotopic (exact) mass is 768 g/mol. The zero-order chi connectivity index (χ0) is 38.1. The molecule has 55 heavy (non-hydrogen) atoms. The molecule has 0 saturated carbocycles. The average Bonchev–Trinajstić information content (AvgIpc) is 3.87. The molecule has 0 aliphatic carbocycles. The first kappa shape index (κ1) is 36.6. The maximum Gasteiger partial charge on any atom is 0.269 e. The minimum absolute atomic E-state index is 0.162. The first-order valence-corrected chi connectivity index (χ1v) is 18.8. The summed E-state index contributed by atoms with van der Waals surface area (Å²) in [5.41, 5.74) is 4.33. The van der Waals surface area contributed by atoms with Gasteiger partial charge in [0.2, 0.25) is 0 Å². The van der Waals surface area contributed by atoms with Gasteiger partial charge in [0.15, 0.2) is 11.6 Å². The Labute approximate surface area is 321 Å². The van der Waals surface area contributed by atoms with E-state index in [4.69, 9.17) is 0 Å². The number of likely N-dealkylation sites (N-methyl/N-ethyl adjacent to an activating group) is 1. The maximum atomic E-state index is 13.0. The Morgan fingerprint density at radius 1 is 0.691 bits per heavy atom. The van der Waals surface area contributed by atoms with Crippen molar-refractivity contribution in [2.75, 3.05) is 20.1 Å². The highest BCUT2D eigenvalue weighted by Gasteiger charge is 2.21. The van der Waals surface area contributed by atoms with Gasteiger partial charge in [-0.3, -0.25) is 39.1 Å². The van der Waals surface area contributed by atoms with Crippen LogP contribution in [0.2, 0.25) is 0 Å². The second-order valence-electron chi connectivity index (χ2n) is 12.1. The molecule has 0 unspecified atom stereocenters. The van der Waals surface area contributed by atoms with Gasteiger partial charge in [-0.2, -0.15) is 0 Å². The van der Waals surface area contributed by atoms with Gasteiger partial charge < -0.3 is 20.2 Å². The molecule has 3 N–H and O–H groups in total. The number of amides is 2. The normalized spacial score (nSPS) is 10.9. The van der Waals surface area contributed by atoms with Gasteiger partial charge in [0, 0.05) is 68.1 Å². The van der Waals surface area contributed by atoms with Gasteiger partial charge >= 0.3 is 0 Å². The molecular formula is C39H32N10O4S2. The number of aromatic nitrogens is 8. The van der Waals surface area contributed by atoms with E-state index in [1.54, 1.807) is 84.2 Å². The number of H-pyrrole nitrogens is 2. The summed E-state index contributed by atoms with van der Waals surface area (Å²) in [4.78, 5) is 82.9. The third kappa shape index (κ3) is 8.56. The fraction of sp³-hybridized carbons (Fsp3) is 0.128. The average molecular weight is 769 g/mol. The lowest BCUT2D eigenvalue weighted by molar-refractivity contribution is 0.0798. The molecule has 0 atom stereocenters. The molecule has 8 aromatic heterocycles. The lowest BCUT2D eigenvalue weighted by Crippen LogP contribution is -2.29. The van der Waals surface area contributed by atoms with Gasteiger partial charge in [0.05, 0.1) is 11.1 Å². The number of hydrogen-bond donors (Lipinski definition) is 3. The molecule has 8 rings (SSSR count). The smallest absolute Gasteiger partial charge is 0.269 e. The number of nitrogens with zero attached hydrogens (tertiary/aromatic N) is 7. The number of nitrogens with one attached hydrogen (secondary N) is 3. The lowest BCUT2D eigenvalue weighted by atomic mass is 10.2. The van der Waals surface area contributed by atoms with Crippen molar-refractivity contribution in [1.29, 1.82) is 0 Å². The fourth-order valence-corrected chi connectivity index (χ4v) is 7.29. The van der Waals surface area contributed by atoms with Crippen LogP contribution in [0.15, 0.2) is 118 Å². The second-order valence-corrected chi connectivity index (χ2v) is 13.9. The topological polar surface area (TPSA) is 192 Å². The zero-order valence-electron chi connectivity index (χ0n) is 29.3. The largest absolute Gasteiger partial charge is 0.352 e. The molecule has 0 aromatic carbocycles. The van der Waals surface area contributed by atoms with Gasteiger partial charge in [0.1, 0.15) is 31.8 Å². The second kappa shape index (κ2) is 16.9. The summed E-state index contributed by atoms with van der Waals surface area (Å²) in [6, 6.07) is 18.4. The van der Waals surface area contributed by atoms with Crippen molar-refractivity contribution in [3.8, 4) is 23.0 Å². The molecule has 0 bridgehead atoms. The van der Waals surface area contributed by atoms with Crippen LogP contribution < -0.4 is 16.4 Å². The van der Waals surface area contributed by atoms with E-state index in [9.17, 15) is 19.2 Å². The Hall–Kier alpha value is -6.78. The minimum Gasteiger partial charge on any atom is -0.352 e. The van der Waals surface area contributed by atoms with E-state index in [0.29, 0.717) is 74.1 Å². The predicted octanol–water partition coefficient (Wildman–Crippen LogP) is 5.17. The summed E-state index contributed by atoms with van der Waals surface area (Å²) >= 11 is 2.43. The molecule has 274 valence electrons. The van der Waals surface area contributed by atoms with Gasteiger partial charge in [-0.15, -0.1) is 22.7 Å². The van der Waals surface area contributed by atoms with E-state index in [-0.39, 0.29) is 22.9 Å². The summed E-state index contributed by atoms with van der Waals surface area (Å²) < 4.78 is 0.859. The molecule has 8 aromatic rings. The molecule has 0 aliphatic heterocycles. The van der Waals surface area contributed by atoms with Crippen molar-refractivity contribution in [2.24, 2.45) is 0 Å². The summed E-state index contributed by atoms with van der Waals surface area (Å²) in [6.45, 7) is 1.02. The van der Waals surface area contributed by atoms with Crippen LogP contribution in [0.4, 0.5) is 0 Å². The Kier molecular flexibility index (Phi) is 11.2. The standard InChI is InChI=1S/C20H17N5O2S.C19H15N5O2S/c1-25(11-7-13-5-9-21-10-6-13)20(27)14-12-28-17-16(14)23-18(24-19(17)26)15-4-2-3-8-22-15;25-18(22-9-6-12-4-3-7-20-10-12)13-11-27-16-15(13)23-17(24-19(16)26)14-5-1-2-8-21-14/h2-6,8-10,12H,7,11H2,1H3,(H,23,24,26);1-5,7-8,10-11H,6,9H2,(H,22,25)(H,23,24,26). The highest BCUT2D eigenvalue weighted by molar-refractivity contribution is 7.17. The molecule has 14 nitrogen and oxygen atoms in total. The van der Waals surface area contributed by atoms with E-state index in [1.807, 2.05) is 36.4 Å². The SMILES string of the molecule is CN(CCc1ccncc1)C(=O)c1csc2c(=O)[nH]c(-c3ccccn3)nc12.O=C(NCCc1cccnc1)c1csc2c(=O)[nH]c(-c3ccccn3)nc12. The van der Waals surface area contributed by atoms with Crippen LogP contribution in [0.1, 0.15) is 31.8 Å². The number of carbonyl (C=O) groups is 2. The summed E-state index contributed by atoms with van der Waals surface area (Å²) in [7, 11) is 1.75. The number of carbonyl (C=O) groups excluding carboxylic acids is 2. The molecule has 0 saturated heterocycles. The minimum atomic E-state index is -0.278. The first-order chi connectivity index (χ1) is 26.9. The Bertz CT molecular complexity index is 2680. The molecule has 0 fully saturated rings. The summed E-state index contributed by atoms with van der Waals surface area (Å²) in [6.07, 6.45) is 11.6. The van der Waals surface area contributed by atoms with Crippen LogP contribution in [0.5, 0.6) is 0 Å². The van der Waals surface area contributed by atoms with E-state index in [0.717, 1.165) is 17.5 Å². The summed E-state index contributed by atoms with van der Waals surface area (Å²) in [5.74, 6) is 0.279. The van der Waals surface area contributed by atoms with Crippen molar-refractivity contribution >= 4 is 54.9 Å². The first-order valence-electron chi connectivity index (χ1n) is 17.0. The van der Waals surface area contributed by atoms with Gasteiger partial charge in [-0.05, 0) is 66.4 Å². The van der Waals surface area contributed by atoms with Gasteiger partial charge in [-0.25, -0.2) is 9.97 Å². The lowest BCUT2D eigenvalue weighted by Gasteiger charge is -2.16. The van der Waals surface area contributed by atoms with Crippen molar-refractivity contribution in [1.82, 2.24) is 50.1 Å². The number of hydrogen-bond acceptors (Lipinski definition) is 12. The molecule has 0 radical (unpaired) electrons. The molecule has 2 amide bonds. The molecule has 0 spiro atoms. The maximum absolute atomic E-state index is 13.0. The Balaban J connectivity index is 0.000000169. The van der Waals surface area contributed by atoms with Crippen LogP contribution in [0.25, 0.3) is 43.5 Å². The molecule has 8 heterocycles. The highest BCUT2D eigenvalue weighted by Crippen LogP contribution is 2.25. The van der Waals surface area contributed by atoms with Crippen LogP contribution in [0, 0.1) is 0 Å². The molecule has 0 aliphatic rings. The third-order valence-electron chi connectivity index (χ3n) is 8.40. The van der Waals surface area contributed by atoms with E-state index < -0.39 is 0 Å². The van der Waals surface area contributed by atoms with Gasteiger partial charge in [0.25, 0.3) is 22.9 Å². The fourth-order valence-electron chi connectivity index (χ4n) is 5.53. The number of rotatable bonds is 10. The van der Waals surface area contributed by atoms with E-state index >= 15 is 0 Å². The number of aromatic amines is 2. The molecule has 16 heteroatoms. The Morgan fingerprint density at radius 2 is 1.31 bits per heavy atom. The quantitative estimate of drug-likeness (QED) is 0.167. The van der Waals surface area contributed by atoms with Crippen molar-refractivity contribution in [3.05, 3.63) is 152 Å². The van der Waals surface area contributed by atoms with Crippen LogP contribution >= 0.6 is 22.7 Å². The zero-order valence-corrected chi connectivity index (χ0v) is 30.9. The summed E-state index contributed by atoms with van der Waals surface area (Å²) in [5, 5.41) is 6.23. The number of thiophene rings is 2. The Morgan fingerprint density at radius 3 is 1.89 bits per heavy atom. The highest BCUT2D eigenvalue weighted by atomic mass is 32.1. The van der Waals surface area contributed by atoms with Crippen LogP contribution in [-0.4, -0.2) is 76.7 Å². The third-order valence-corrected chi connectivity index (χ3v) is 10.3. The number of pyridine rings is 4. The van der Waals surface area contributed by atoms with E-state index in [1.165, 1.54) is 22.7 Å². The number of fused-ring (bicyclic) bond motifs is 2. The van der Waals surface area contributed by atoms with E-state index in [2.05, 4.69) is 45.2 Å². The predicted molar refractivity (Wildman–Crippen MR) is 212 cm³/mol. The van der Waals surface area contributed by atoms with Gasteiger partial charge in [-0.1, -0.05) is 18.2 Å². The van der Waals surface area contributed by atoms with Crippen molar-refractivity contribution in [3.63, 3.8) is 0 Å². The van der Waals surface area contributed by atoms with Crippen LogP contribution in [-0.2, 0) is 12.8 Å². The van der Waals surface area contributed by atoms with Crippen molar-refractivity contribution < 1.29 is 9.59 Å². The van der Waals surface area contributed by atoms with Crippen LogP contribution in [0.3, 0.4) is 0 Å². The molecular weight excluding hydrogens is 737 g/mol.